The van der Waals surface area contributed by atoms with Crippen LogP contribution in [0.3, 0.4) is 0 Å². The third kappa shape index (κ3) is 3.70. The number of nitrogens with one attached hydrogen (secondary N) is 1. The number of carbonyl (C=O) groups is 1. The number of nitro benzene ring substituents is 1. The summed E-state index contributed by atoms with van der Waals surface area (Å²) in [4.78, 5) is 21.6. The lowest BCUT2D eigenvalue weighted by molar-refractivity contribution is -0.386. The summed E-state index contributed by atoms with van der Waals surface area (Å²) in [6.45, 7) is -0.0173. The zero-order valence-electron chi connectivity index (χ0n) is 11.1. The van der Waals surface area contributed by atoms with Gasteiger partial charge in [-0.2, -0.15) is 4.39 Å². The van der Waals surface area contributed by atoms with Crippen molar-refractivity contribution in [2.24, 2.45) is 0 Å². The second kappa shape index (κ2) is 6.86. The van der Waals surface area contributed by atoms with E-state index in [9.17, 15) is 19.3 Å². The Kier molecular flexibility index (Phi) is 4.90. The van der Waals surface area contributed by atoms with Crippen molar-refractivity contribution in [3.05, 3.63) is 69.0 Å². The molecule has 0 spiro atoms. The second-order valence-electron chi connectivity index (χ2n) is 4.20. The predicted octanol–water partition coefficient (Wildman–Crippen LogP) is 4.14. The van der Waals surface area contributed by atoms with Gasteiger partial charge in [-0.1, -0.05) is 41.9 Å². The van der Waals surface area contributed by atoms with E-state index in [1.165, 1.54) is 0 Å². The number of amides is 1. The van der Waals surface area contributed by atoms with Crippen LogP contribution in [0.25, 0.3) is 0 Å². The molecular formula is C14H10ClFN2O4. The molecule has 0 atom stereocenters. The zero-order chi connectivity index (χ0) is 16.1. The third-order valence-electron chi connectivity index (χ3n) is 2.70. The van der Waals surface area contributed by atoms with Gasteiger partial charge in [0.15, 0.2) is 0 Å². The second-order valence-corrected chi connectivity index (χ2v) is 4.61. The van der Waals surface area contributed by atoms with Crippen LogP contribution in [0.4, 0.5) is 20.6 Å². The molecule has 0 aliphatic rings. The Morgan fingerprint density at radius 1 is 1.27 bits per heavy atom. The van der Waals surface area contributed by atoms with Crippen molar-refractivity contribution in [1.82, 2.24) is 0 Å². The van der Waals surface area contributed by atoms with Gasteiger partial charge in [-0.05, 0) is 17.7 Å². The summed E-state index contributed by atoms with van der Waals surface area (Å²) in [6.07, 6.45) is -0.936. The van der Waals surface area contributed by atoms with Crippen LogP contribution in [0.2, 0.25) is 5.02 Å². The quantitative estimate of drug-likeness (QED) is 0.677. The number of anilines is 1. The largest absolute Gasteiger partial charge is 0.444 e. The highest BCUT2D eigenvalue weighted by Gasteiger charge is 2.24. The third-order valence-corrected chi connectivity index (χ3v) is 2.99. The molecule has 0 aliphatic carbocycles. The summed E-state index contributed by atoms with van der Waals surface area (Å²) in [6, 6.07) is 11.1. The van der Waals surface area contributed by atoms with Crippen molar-refractivity contribution in [2.75, 3.05) is 5.32 Å². The molecule has 0 unspecified atom stereocenters. The fourth-order valence-electron chi connectivity index (χ4n) is 1.69. The molecule has 1 N–H and O–H groups in total. The minimum Gasteiger partial charge on any atom is -0.444 e. The topological polar surface area (TPSA) is 81.5 Å². The number of nitrogens with zero attached hydrogens (tertiary/aromatic N) is 1. The monoisotopic (exact) mass is 324 g/mol. The molecule has 2 rings (SSSR count). The number of benzene rings is 2. The summed E-state index contributed by atoms with van der Waals surface area (Å²) >= 11 is 5.48. The average Bonchev–Trinajstić information content (AvgIpc) is 2.50. The summed E-state index contributed by atoms with van der Waals surface area (Å²) in [7, 11) is 0. The molecule has 0 radical (unpaired) electrons. The van der Waals surface area contributed by atoms with Gasteiger partial charge in [0.05, 0.1) is 9.95 Å². The smallest absolute Gasteiger partial charge is 0.412 e. The van der Waals surface area contributed by atoms with Gasteiger partial charge in [-0.25, -0.2) is 4.79 Å². The molecule has 0 saturated heterocycles. The molecule has 0 saturated carbocycles. The van der Waals surface area contributed by atoms with E-state index in [-0.39, 0.29) is 12.3 Å². The van der Waals surface area contributed by atoms with Crippen LogP contribution in [0.15, 0.2) is 42.5 Å². The van der Waals surface area contributed by atoms with E-state index in [1.54, 1.807) is 24.3 Å². The van der Waals surface area contributed by atoms with Crippen LogP contribution in [0.1, 0.15) is 5.56 Å². The summed E-state index contributed by atoms with van der Waals surface area (Å²) < 4.78 is 18.6. The van der Waals surface area contributed by atoms with E-state index in [1.807, 2.05) is 6.07 Å². The van der Waals surface area contributed by atoms with E-state index < -0.39 is 27.5 Å². The van der Waals surface area contributed by atoms with Crippen LogP contribution in [0, 0.1) is 15.9 Å². The zero-order valence-corrected chi connectivity index (χ0v) is 11.8. The molecule has 0 aliphatic heterocycles. The van der Waals surface area contributed by atoms with Gasteiger partial charge in [-0.15, -0.1) is 0 Å². The molecule has 6 nitrogen and oxygen atoms in total. The van der Waals surface area contributed by atoms with Crippen molar-refractivity contribution >= 4 is 29.1 Å². The molecule has 22 heavy (non-hydrogen) atoms. The van der Waals surface area contributed by atoms with Crippen molar-refractivity contribution in [3.63, 3.8) is 0 Å². The highest BCUT2D eigenvalue weighted by atomic mass is 35.5. The maximum Gasteiger partial charge on any atom is 0.412 e. The number of ether oxygens (including phenoxy) is 1. The molecule has 8 heteroatoms. The number of hydrogen-bond acceptors (Lipinski definition) is 4. The van der Waals surface area contributed by atoms with Crippen molar-refractivity contribution in [3.8, 4) is 0 Å². The summed E-state index contributed by atoms with van der Waals surface area (Å²) in [5.74, 6) is -1.22. The molecule has 2 aromatic carbocycles. The van der Waals surface area contributed by atoms with E-state index in [4.69, 9.17) is 16.3 Å². The van der Waals surface area contributed by atoms with Crippen LogP contribution in [-0.4, -0.2) is 11.0 Å². The number of halogens is 2. The Labute approximate surface area is 129 Å². The van der Waals surface area contributed by atoms with Crippen molar-refractivity contribution in [1.29, 1.82) is 0 Å². The van der Waals surface area contributed by atoms with Crippen molar-refractivity contribution in [2.45, 2.75) is 6.61 Å². The first-order valence-electron chi connectivity index (χ1n) is 6.09. The van der Waals surface area contributed by atoms with Gasteiger partial charge in [0.25, 0.3) is 0 Å². The molecule has 0 fully saturated rings. The van der Waals surface area contributed by atoms with Crippen LogP contribution in [0.5, 0.6) is 0 Å². The number of nitro groups is 1. The molecule has 2 aromatic rings. The fourth-order valence-corrected chi connectivity index (χ4v) is 1.84. The normalized spacial score (nSPS) is 10.1. The van der Waals surface area contributed by atoms with Gasteiger partial charge >= 0.3 is 11.8 Å². The minimum atomic E-state index is -1.22. The van der Waals surface area contributed by atoms with Gasteiger partial charge in [0, 0.05) is 0 Å². The number of hydrogen-bond donors (Lipinski definition) is 1. The molecule has 0 aromatic heterocycles. The lowest BCUT2D eigenvalue weighted by Crippen LogP contribution is -2.15. The molecule has 0 bridgehead atoms. The van der Waals surface area contributed by atoms with Crippen molar-refractivity contribution < 1.29 is 18.8 Å². The number of carbonyl (C=O) groups excluding carboxylic acids is 1. The van der Waals surface area contributed by atoms with Gasteiger partial charge < -0.3 is 4.74 Å². The molecule has 0 heterocycles. The Morgan fingerprint density at radius 3 is 2.59 bits per heavy atom. The fraction of sp³-hybridized carbons (Fsp3) is 0.0714. The first kappa shape index (κ1) is 15.7. The standard InChI is InChI=1S/C14H10ClFN2O4/c15-10-6-7-11(13(12(10)16)18(20)21)17-14(19)22-8-9-4-2-1-3-5-9/h1-7H,8H2,(H,17,19). The van der Waals surface area contributed by atoms with Gasteiger partial charge in [0.2, 0.25) is 5.82 Å². The Balaban J connectivity index is 2.09. The lowest BCUT2D eigenvalue weighted by Gasteiger charge is -2.08. The minimum absolute atomic E-state index is 0.0173. The molecule has 114 valence electrons. The average molecular weight is 325 g/mol. The Morgan fingerprint density at radius 2 is 1.95 bits per heavy atom. The first-order valence-corrected chi connectivity index (χ1v) is 6.47. The predicted molar refractivity (Wildman–Crippen MR) is 78.3 cm³/mol. The van der Waals surface area contributed by atoms with Gasteiger partial charge in [-0.3, -0.25) is 15.4 Å². The van der Waals surface area contributed by atoms with E-state index >= 15 is 0 Å². The van der Waals surface area contributed by atoms with Crippen LogP contribution >= 0.6 is 11.6 Å². The SMILES string of the molecule is O=C(Nc1ccc(Cl)c(F)c1[N+](=O)[O-])OCc1ccccc1. The first-order chi connectivity index (χ1) is 10.5. The Bertz CT molecular complexity index is 709. The van der Waals surface area contributed by atoms with Crippen LogP contribution in [-0.2, 0) is 11.3 Å². The summed E-state index contributed by atoms with van der Waals surface area (Å²) in [5.41, 5.74) is -0.497. The molecule has 1 amide bonds. The maximum absolute atomic E-state index is 13.6. The number of rotatable bonds is 4. The lowest BCUT2D eigenvalue weighted by atomic mass is 10.2. The van der Waals surface area contributed by atoms with E-state index in [2.05, 4.69) is 5.32 Å². The van der Waals surface area contributed by atoms with E-state index in [0.29, 0.717) is 0 Å². The Hall–Kier alpha value is -2.67. The van der Waals surface area contributed by atoms with Crippen LogP contribution < -0.4 is 5.32 Å². The highest BCUT2D eigenvalue weighted by molar-refractivity contribution is 6.31. The van der Waals surface area contributed by atoms with Gasteiger partial charge in [0.1, 0.15) is 12.3 Å². The van der Waals surface area contributed by atoms with E-state index in [0.717, 1.165) is 17.7 Å². The maximum atomic E-state index is 13.6. The molecular weight excluding hydrogens is 315 g/mol. The highest BCUT2D eigenvalue weighted by Crippen LogP contribution is 2.32. The summed E-state index contributed by atoms with van der Waals surface area (Å²) in [5, 5.41) is 12.6.